The van der Waals surface area contributed by atoms with Gasteiger partial charge in [-0.3, -0.25) is 0 Å². The van der Waals surface area contributed by atoms with E-state index in [9.17, 15) is 13.5 Å². The Kier molecular flexibility index (Phi) is 4.37. The largest absolute Gasteiger partial charge is 0.494 e. The fraction of sp³-hybridized carbons (Fsp3) is 0.182. The van der Waals surface area contributed by atoms with Gasteiger partial charge in [0.15, 0.2) is 5.88 Å². The number of nitrogens with zero attached hydrogens (tertiary/aromatic N) is 4. The van der Waals surface area contributed by atoms with E-state index >= 15 is 0 Å². The number of rotatable bonds is 3. The average molecular weight is 436 g/mol. The normalized spacial score (nSPS) is 15.4. The van der Waals surface area contributed by atoms with Crippen LogP contribution in [0, 0.1) is 0 Å². The lowest BCUT2D eigenvalue weighted by molar-refractivity contribution is 0.457. The molecule has 8 nitrogen and oxygen atoms in total. The lowest BCUT2D eigenvalue weighted by Gasteiger charge is -2.25. The van der Waals surface area contributed by atoms with E-state index in [1.165, 1.54) is 0 Å². The Labute approximate surface area is 178 Å². The molecule has 2 aliphatic rings. The molecular weight excluding hydrogens is 414 g/mol. The summed E-state index contributed by atoms with van der Waals surface area (Å²) in [6.45, 7) is 2.14. The summed E-state index contributed by atoms with van der Waals surface area (Å²) < 4.78 is 30.4. The molecule has 0 bridgehead atoms. The number of hydrogen-bond donors (Lipinski definition) is 2. The number of nitrogens with one attached hydrogen (secondary N) is 1. The van der Waals surface area contributed by atoms with Crippen LogP contribution in [0.3, 0.4) is 0 Å². The van der Waals surface area contributed by atoms with E-state index in [1.807, 2.05) is 48.0 Å². The minimum atomic E-state index is -3.60. The van der Waals surface area contributed by atoms with Crippen LogP contribution in [0.1, 0.15) is 12.5 Å². The molecule has 0 radical (unpaired) electrons. The zero-order chi connectivity index (χ0) is 21.8. The highest BCUT2D eigenvalue weighted by Crippen LogP contribution is 2.31. The molecule has 3 aromatic heterocycles. The number of pyridine rings is 2. The Hall–Kier alpha value is -3.59. The first kappa shape index (κ1) is 19.4. The van der Waals surface area contributed by atoms with Gasteiger partial charge in [-0.15, -0.1) is 0 Å². The van der Waals surface area contributed by atoms with Gasteiger partial charge in [-0.25, -0.2) is 13.4 Å². The molecule has 0 atom stereocenters. The number of fused-ring (bicyclic) bond motifs is 2. The van der Waals surface area contributed by atoms with E-state index in [0.717, 1.165) is 22.1 Å². The third-order valence-corrected chi connectivity index (χ3v) is 6.75. The number of aromatic nitrogens is 3. The van der Waals surface area contributed by atoms with Crippen molar-refractivity contribution in [3.63, 3.8) is 0 Å². The molecule has 0 spiro atoms. The van der Waals surface area contributed by atoms with Crippen molar-refractivity contribution < 1.29 is 13.5 Å². The first-order chi connectivity index (χ1) is 14.9. The van der Waals surface area contributed by atoms with Gasteiger partial charge in [0.2, 0.25) is 0 Å². The zero-order valence-corrected chi connectivity index (χ0v) is 17.9. The highest BCUT2D eigenvalue weighted by molar-refractivity contribution is 7.89. The van der Waals surface area contributed by atoms with Crippen molar-refractivity contribution in [1.29, 1.82) is 0 Å². The molecule has 1 aliphatic heterocycles. The Bertz CT molecular complexity index is 1530. The van der Waals surface area contributed by atoms with Crippen molar-refractivity contribution in [2.45, 2.75) is 6.92 Å². The number of aromatic amines is 1. The van der Waals surface area contributed by atoms with E-state index in [4.69, 9.17) is 0 Å². The molecular formula is C22H21N5O3S. The first-order valence-corrected chi connectivity index (χ1v) is 11.5. The van der Waals surface area contributed by atoms with E-state index in [-0.39, 0.29) is 11.6 Å². The minimum Gasteiger partial charge on any atom is -0.494 e. The van der Waals surface area contributed by atoms with Gasteiger partial charge in [0.05, 0.1) is 28.1 Å². The molecule has 0 fully saturated rings. The standard InChI is InChI=1S/C22H21N5O3S/c1-3-31(29,30)25-15-9-12-26(2)21-14(15)7-8-17-19-16(24-22(28)20(19)21)10-13-27(17)18-6-4-5-11-23-18/h4-12,24,28H,3,13H2,1-2H3. The van der Waals surface area contributed by atoms with Crippen molar-refractivity contribution >= 4 is 33.7 Å². The van der Waals surface area contributed by atoms with Crippen LogP contribution >= 0.6 is 0 Å². The van der Waals surface area contributed by atoms with E-state index < -0.39 is 10.0 Å². The Morgan fingerprint density at radius 3 is 2.84 bits per heavy atom. The summed E-state index contributed by atoms with van der Waals surface area (Å²) in [5.41, 5.74) is 2.78. The summed E-state index contributed by atoms with van der Waals surface area (Å²) in [4.78, 5) is 9.61. The van der Waals surface area contributed by atoms with Crippen LogP contribution in [-0.2, 0) is 17.1 Å². The Morgan fingerprint density at radius 1 is 1.26 bits per heavy atom. The van der Waals surface area contributed by atoms with Gasteiger partial charge in [0.1, 0.15) is 5.82 Å². The number of sulfonamides is 1. The second-order valence-electron chi connectivity index (χ2n) is 7.39. The smallest absolute Gasteiger partial charge is 0.253 e. The quantitative estimate of drug-likeness (QED) is 0.634. The predicted octanol–water partition coefficient (Wildman–Crippen LogP) is 0.807. The van der Waals surface area contributed by atoms with Crippen molar-refractivity contribution in [1.82, 2.24) is 14.5 Å². The predicted molar refractivity (Wildman–Crippen MR) is 120 cm³/mol. The third kappa shape index (κ3) is 3.09. The summed E-state index contributed by atoms with van der Waals surface area (Å²) >= 11 is 0. The number of aryl methyl sites for hydroxylation is 1. The van der Waals surface area contributed by atoms with Crippen LogP contribution in [0.2, 0.25) is 0 Å². The van der Waals surface area contributed by atoms with Crippen molar-refractivity contribution in [2.24, 2.45) is 11.4 Å². The van der Waals surface area contributed by atoms with Gasteiger partial charge in [-0.05, 0) is 43.4 Å². The average Bonchev–Trinajstić information content (AvgIpc) is 2.97. The molecule has 2 N–H and O–H groups in total. The summed E-state index contributed by atoms with van der Waals surface area (Å²) in [7, 11) is -1.74. The van der Waals surface area contributed by atoms with Crippen LogP contribution in [0.15, 0.2) is 47.1 Å². The van der Waals surface area contributed by atoms with Crippen molar-refractivity contribution in [3.8, 4) is 17.1 Å². The second kappa shape index (κ2) is 6.98. The second-order valence-corrected chi connectivity index (χ2v) is 9.32. The van der Waals surface area contributed by atoms with Gasteiger partial charge < -0.3 is 19.6 Å². The molecule has 31 heavy (non-hydrogen) atoms. The molecule has 5 rings (SSSR count). The monoisotopic (exact) mass is 435 g/mol. The summed E-state index contributed by atoms with van der Waals surface area (Å²) in [5.74, 6) is 0.721. The van der Waals surface area contributed by atoms with Crippen LogP contribution in [0.25, 0.3) is 29.1 Å². The fourth-order valence-corrected chi connectivity index (χ4v) is 4.65. The van der Waals surface area contributed by atoms with E-state index in [1.54, 1.807) is 25.4 Å². The number of hydrogen-bond acceptors (Lipinski definition) is 5. The number of aromatic hydroxyl groups is 1. The van der Waals surface area contributed by atoms with E-state index in [2.05, 4.69) is 19.3 Å². The third-order valence-electron chi connectivity index (χ3n) is 5.55. The van der Waals surface area contributed by atoms with Gasteiger partial charge in [0.25, 0.3) is 10.0 Å². The van der Waals surface area contributed by atoms with E-state index in [0.29, 0.717) is 28.7 Å². The minimum absolute atomic E-state index is 0.0256. The molecule has 0 aromatic carbocycles. The van der Waals surface area contributed by atoms with Crippen LogP contribution < -0.4 is 20.8 Å². The molecule has 3 aromatic rings. The molecule has 9 heteroatoms. The van der Waals surface area contributed by atoms with Crippen LogP contribution in [-0.4, -0.2) is 40.4 Å². The maximum atomic E-state index is 12.2. The topological polar surface area (TPSA) is 104 Å². The molecule has 4 heterocycles. The first-order valence-electron chi connectivity index (χ1n) is 9.90. The van der Waals surface area contributed by atoms with Gasteiger partial charge in [0, 0.05) is 42.1 Å². The number of H-pyrrole nitrogens is 1. The maximum Gasteiger partial charge on any atom is 0.253 e. The Morgan fingerprint density at radius 2 is 2.10 bits per heavy atom. The molecule has 0 unspecified atom stereocenters. The van der Waals surface area contributed by atoms with Crippen LogP contribution in [0.4, 0.5) is 5.82 Å². The maximum absolute atomic E-state index is 12.2. The summed E-state index contributed by atoms with van der Waals surface area (Å²) in [6.07, 6.45) is 9.29. The summed E-state index contributed by atoms with van der Waals surface area (Å²) in [5, 5.41) is 12.9. The lowest BCUT2D eigenvalue weighted by atomic mass is 10.1. The Balaban J connectivity index is 1.88. The lowest BCUT2D eigenvalue weighted by Crippen LogP contribution is -2.39. The van der Waals surface area contributed by atoms with Gasteiger partial charge in [-0.1, -0.05) is 6.07 Å². The van der Waals surface area contributed by atoms with Crippen LogP contribution in [0.5, 0.6) is 5.88 Å². The van der Waals surface area contributed by atoms with Gasteiger partial charge >= 0.3 is 0 Å². The highest BCUT2D eigenvalue weighted by atomic mass is 32.2. The molecule has 1 aliphatic carbocycles. The van der Waals surface area contributed by atoms with Crippen molar-refractivity contribution in [3.05, 3.63) is 64.2 Å². The molecule has 0 saturated heterocycles. The molecule has 158 valence electrons. The molecule has 0 amide bonds. The zero-order valence-electron chi connectivity index (χ0n) is 17.1. The fourth-order valence-electron chi connectivity index (χ4n) is 4.06. The van der Waals surface area contributed by atoms with Crippen molar-refractivity contribution in [2.75, 3.05) is 17.2 Å². The summed E-state index contributed by atoms with van der Waals surface area (Å²) in [6, 6.07) is 7.39. The SMILES string of the molecule is CCS(=O)(=O)N=c1ccn(C)c2c1C=CC1=c3c-2c(O)[nH]c3=CCN1c1ccccn1. The highest BCUT2D eigenvalue weighted by Gasteiger charge is 2.26. The van der Waals surface area contributed by atoms with Gasteiger partial charge in [-0.2, -0.15) is 4.40 Å². The number of anilines is 1. The molecule has 0 saturated carbocycles.